The van der Waals surface area contributed by atoms with Crippen molar-refractivity contribution in [3.63, 3.8) is 0 Å². The largest absolute Gasteiger partial charge is 0.480 e. The summed E-state index contributed by atoms with van der Waals surface area (Å²) in [5, 5.41) is 29.5. The predicted octanol–water partition coefficient (Wildman–Crippen LogP) is 3.19. The van der Waals surface area contributed by atoms with Crippen LogP contribution >= 0.6 is 0 Å². The van der Waals surface area contributed by atoms with Crippen molar-refractivity contribution in [1.82, 2.24) is 20.9 Å². The molecular weight excluding hydrogens is 490 g/mol. The smallest absolute Gasteiger partial charge is 0.318 e. The summed E-state index contributed by atoms with van der Waals surface area (Å²) in [5.41, 5.74) is 5.03. The Morgan fingerprint density at radius 1 is 1.08 bits per heavy atom. The Morgan fingerprint density at radius 2 is 1.72 bits per heavy atom. The van der Waals surface area contributed by atoms with Crippen molar-refractivity contribution >= 4 is 17.6 Å². The number of likely N-dealkylation sites (tertiary alicyclic amines) is 1. The van der Waals surface area contributed by atoms with Gasteiger partial charge in [-0.3, -0.25) is 9.59 Å². The van der Waals surface area contributed by atoms with Gasteiger partial charge in [-0.25, -0.2) is 0 Å². The van der Waals surface area contributed by atoms with E-state index in [1.165, 1.54) is 0 Å². The van der Waals surface area contributed by atoms with Gasteiger partial charge in [0, 0.05) is 44.1 Å². The van der Waals surface area contributed by atoms with E-state index in [4.69, 9.17) is 0 Å². The predicted molar refractivity (Wildman–Crippen MR) is 152 cm³/mol. The van der Waals surface area contributed by atoms with Gasteiger partial charge in [0.15, 0.2) is 0 Å². The van der Waals surface area contributed by atoms with Crippen LogP contribution in [0.1, 0.15) is 57.4 Å². The van der Waals surface area contributed by atoms with Crippen LogP contribution in [0.25, 0.3) is 5.70 Å². The number of hydrogen-bond acceptors (Lipinski definition) is 6. The summed E-state index contributed by atoms with van der Waals surface area (Å²) >= 11 is 0. The zero-order valence-corrected chi connectivity index (χ0v) is 22.8. The number of hydrogen-bond donors (Lipinski definition) is 4. The highest BCUT2D eigenvalue weighted by molar-refractivity contribution is 5.95. The van der Waals surface area contributed by atoms with Gasteiger partial charge in [0.25, 0.3) is 5.91 Å². The number of nitrogens with one attached hydrogen (secondary N) is 3. The van der Waals surface area contributed by atoms with Gasteiger partial charge < -0.3 is 26.0 Å². The third-order valence-corrected chi connectivity index (χ3v) is 8.11. The number of benzene rings is 2. The second kappa shape index (κ2) is 11.7. The van der Waals surface area contributed by atoms with Crippen LogP contribution in [0.5, 0.6) is 0 Å². The highest BCUT2D eigenvalue weighted by Crippen LogP contribution is 2.43. The molecule has 1 heterocycles. The molecule has 1 amide bonds. The number of carboxylic acid groups (broad SMARTS) is 1. The van der Waals surface area contributed by atoms with Crippen molar-refractivity contribution in [2.75, 3.05) is 33.7 Å². The highest BCUT2D eigenvalue weighted by Gasteiger charge is 2.46. The molecule has 0 aromatic heterocycles. The number of fused-ring (bicyclic) bond motifs is 2. The molecule has 204 valence electrons. The summed E-state index contributed by atoms with van der Waals surface area (Å²) in [7, 11) is 3.40. The lowest BCUT2D eigenvalue weighted by molar-refractivity contribution is -0.142. The Kier molecular flexibility index (Phi) is 8.41. The molecule has 4 rings (SSSR count). The minimum Gasteiger partial charge on any atom is -0.480 e. The number of nitrogens with zero attached hydrogens (tertiary/aromatic N) is 2. The van der Waals surface area contributed by atoms with E-state index in [1.807, 2.05) is 42.3 Å². The van der Waals surface area contributed by atoms with E-state index in [-0.39, 0.29) is 11.9 Å². The first-order valence-corrected chi connectivity index (χ1v) is 13.4. The molecule has 8 nitrogen and oxygen atoms in total. The van der Waals surface area contributed by atoms with E-state index in [2.05, 4.69) is 35.2 Å². The number of amides is 1. The Bertz CT molecular complexity index is 1270. The summed E-state index contributed by atoms with van der Waals surface area (Å²) in [6.07, 6.45) is 3.38. The van der Waals surface area contributed by atoms with Gasteiger partial charge >= 0.3 is 5.97 Å². The molecular formula is C31H37N5O3. The first-order valence-electron chi connectivity index (χ1n) is 13.4. The van der Waals surface area contributed by atoms with Crippen molar-refractivity contribution in [1.29, 1.82) is 5.26 Å². The van der Waals surface area contributed by atoms with Crippen molar-refractivity contribution in [3.8, 4) is 6.07 Å². The number of carbonyl (C=O) groups is 2. The molecule has 1 saturated heterocycles. The van der Waals surface area contributed by atoms with E-state index >= 15 is 0 Å². The molecule has 0 spiro atoms. The van der Waals surface area contributed by atoms with Crippen LogP contribution in [0.4, 0.5) is 0 Å². The number of carbonyl (C=O) groups excluding carboxylic acids is 1. The van der Waals surface area contributed by atoms with Crippen LogP contribution in [-0.4, -0.2) is 61.7 Å². The van der Waals surface area contributed by atoms with Crippen LogP contribution < -0.4 is 16.0 Å². The Balaban J connectivity index is 1.70. The van der Waals surface area contributed by atoms with Crippen LogP contribution in [0.3, 0.4) is 0 Å². The minimum atomic E-state index is -1.31. The number of rotatable bonds is 10. The fraction of sp³-hybridized carbons (Fsp3) is 0.387. The second-order valence-electron chi connectivity index (χ2n) is 10.2. The SMILES string of the molecule is C=C(NC)c1ccc2c(c1)CCc1cc(C(=O)NC)ccc1C2(CCNCC(=C)N1CCCC1C#N)C(=O)O. The Morgan fingerprint density at radius 3 is 2.31 bits per heavy atom. The first-order chi connectivity index (χ1) is 18.8. The minimum absolute atomic E-state index is 0.152. The lowest BCUT2D eigenvalue weighted by Crippen LogP contribution is -2.41. The van der Waals surface area contributed by atoms with Gasteiger partial charge in [-0.05, 0) is 84.7 Å². The Labute approximate surface area is 230 Å². The molecule has 1 fully saturated rings. The molecule has 2 aliphatic rings. The van der Waals surface area contributed by atoms with Gasteiger partial charge in [0.1, 0.15) is 11.5 Å². The molecule has 4 N–H and O–H groups in total. The zero-order valence-electron chi connectivity index (χ0n) is 22.8. The lowest BCUT2D eigenvalue weighted by Gasteiger charge is -2.33. The maximum Gasteiger partial charge on any atom is 0.318 e. The van der Waals surface area contributed by atoms with Gasteiger partial charge in [-0.2, -0.15) is 5.26 Å². The number of carboxylic acids is 1. The molecule has 39 heavy (non-hydrogen) atoms. The normalized spacial score (nSPS) is 19.7. The second-order valence-corrected chi connectivity index (χ2v) is 10.2. The van der Waals surface area contributed by atoms with E-state index < -0.39 is 11.4 Å². The Hall–Kier alpha value is -4.09. The van der Waals surface area contributed by atoms with Gasteiger partial charge in [0.05, 0.1) is 6.07 Å². The average molecular weight is 528 g/mol. The van der Waals surface area contributed by atoms with Crippen LogP contribution in [0.15, 0.2) is 55.3 Å². The monoisotopic (exact) mass is 527 g/mol. The van der Waals surface area contributed by atoms with E-state index in [0.29, 0.717) is 43.5 Å². The van der Waals surface area contributed by atoms with Gasteiger partial charge in [-0.1, -0.05) is 31.4 Å². The zero-order chi connectivity index (χ0) is 28.2. The topological polar surface area (TPSA) is 117 Å². The van der Waals surface area contributed by atoms with Crippen molar-refractivity contribution in [2.45, 2.75) is 43.6 Å². The van der Waals surface area contributed by atoms with Crippen LogP contribution in [-0.2, 0) is 23.1 Å². The molecule has 2 aromatic carbocycles. The molecule has 2 atom stereocenters. The fourth-order valence-electron chi connectivity index (χ4n) is 5.96. The quantitative estimate of drug-likeness (QED) is 0.351. The summed E-state index contributed by atoms with van der Waals surface area (Å²) in [6.45, 7) is 9.96. The van der Waals surface area contributed by atoms with Crippen molar-refractivity contribution in [2.24, 2.45) is 0 Å². The third-order valence-electron chi connectivity index (χ3n) is 8.11. The van der Waals surface area contributed by atoms with Crippen molar-refractivity contribution in [3.05, 3.63) is 88.6 Å². The highest BCUT2D eigenvalue weighted by atomic mass is 16.4. The average Bonchev–Trinajstić information content (AvgIpc) is 3.39. The molecule has 1 aliphatic carbocycles. The lowest BCUT2D eigenvalue weighted by atomic mass is 9.69. The first kappa shape index (κ1) is 27.9. The van der Waals surface area contributed by atoms with Crippen LogP contribution in [0.2, 0.25) is 0 Å². The van der Waals surface area contributed by atoms with E-state index in [1.54, 1.807) is 13.1 Å². The molecule has 8 heteroatoms. The molecule has 1 aliphatic heterocycles. The summed E-state index contributed by atoms with van der Waals surface area (Å²) in [4.78, 5) is 27.8. The summed E-state index contributed by atoms with van der Waals surface area (Å²) < 4.78 is 0. The van der Waals surface area contributed by atoms with Crippen molar-refractivity contribution < 1.29 is 14.7 Å². The summed E-state index contributed by atoms with van der Waals surface area (Å²) in [6, 6.07) is 13.4. The van der Waals surface area contributed by atoms with E-state index in [9.17, 15) is 20.0 Å². The standard InChI is InChI=1S/C31H37N5O3/c1-20(36-15-5-6-26(36)18-32)19-35-14-13-31(30(38)39)27-11-9-22(21(2)33-3)16-23(27)7-8-24-17-25(29(37)34-4)10-12-28(24)31/h9-12,16-17,26,33,35H,1-2,5-8,13-15,19H2,3-4H3,(H,34,37)(H,38,39). The van der Waals surface area contributed by atoms with Gasteiger partial charge in [-0.15, -0.1) is 0 Å². The molecule has 2 aromatic rings. The van der Waals surface area contributed by atoms with Gasteiger partial charge in [0.2, 0.25) is 0 Å². The number of aliphatic carboxylic acids is 1. The van der Waals surface area contributed by atoms with E-state index in [0.717, 1.165) is 53.0 Å². The number of aryl methyl sites for hydroxylation is 2. The third kappa shape index (κ3) is 5.27. The molecule has 2 unspecified atom stereocenters. The fourth-order valence-corrected chi connectivity index (χ4v) is 5.96. The molecule has 0 saturated carbocycles. The maximum absolute atomic E-state index is 13.3. The molecule has 0 radical (unpaired) electrons. The maximum atomic E-state index is 13.3. The molecule has 0 bridgehead atoms. The summed E-state index contributed by atoms with van der Waals surface area (Å²) in [5.74, 6) is -1.13. The number of nitriles is 1. The van der Waals surface area contributed by atoms with Crippen LogP contribution in [0, 0.1) is 11.3 Å².